The zero-order valence-corrected chi connectivity index (χ0v) is 13.3. The molecule has 0 fully saturated rings. The molecule has 0 N–H and O–H groups in total. The third-order valence-corrected chi connectivity index (χ3v) is 3.71. The first-order valence-electron chi connectivity index (χ1n) is 7.00. The number of allylic oxidation sites excluding steroid dienone is 1. The van der Waals surface area contributed by atoms with Gasteiger partial charge >= 0.3 is 0 Å². The molecule has 0 aliphatic heterocycles. The largest absolute Gasteiger partial charge is 0.196 e. The summed E-state index contributed by atoms with van der Waals surface area (Å²) in [5.41, 5.74) is 2.11. The van der Waals surface area contributed by atoms with Crippen LogP contribution in [0.5, 0.6) is 0 Å². The minimum absolute atomic E-state index is 0.784. The van der Waals surface area contributed by atoms with Crippen molar-refractivity contribution in [1.82, 2.24) is 20.2 Å². The normalized spacial score (nSPS) is 11.8. The van der Waals surface area contributed by atoms with Crippen LogP contribution < -0.4 is 0 Å². The monoisotopic (exact) mass is 334 g/mol. The molecule has 0 aliphatic rings. The predicted molar refractivity (Wildman–Crippen MR) is 85.2 cm³/mol. The van der Waals surface area contributed by atoms with E-state index in [9.17, 15) is 0 Å². The average molecular weight is 335 g/mol. The lowest BCUT2D eigenvalue weighted by Gasteiger charge is -2.08. The summed E-state index contributed by atoms with van der Waals surface area (Å²) in [4.78, 5) is 1.92. The summed E-state index contributed by atoms with van der Waals surface area (Å²) in [6, 6.07) is 10.0. The maximum atomic E-state index is 4.14. The van der Waals surface area contributed by atoms with Crippen LogP contribution in [0.1, 0.15) is 39.0 Å². The molecule has 5 heteroatoms. The molecule has 20 heavy (non-hydrogen) atoms. The summed E-state index contributed by atoms with van der Waals surface area (Å²) >= 11 is 3.43. The number of halogens is 1. The summed E-state index contributed by atoms with van der Waals surface area (Å²) in [5.74, 6) is 0.784. The van der Waals surface area contributed by atoms with Gasteiger partial charge in [0, 0.05) is 10.5 Å². The van der Waals surface area contributed by atoms with Crippen LogP contribution in [0.3, 0.4) is 0 Å². The van der Waals surface area contributed by atoms with Gasteiger partial charge in [-0.05, 0) is 23.3 Å². The summed E-state index contributed by atoms with van der Waals surface area (Å²) in [5, 5.41) is 12.1. The molecule has 4 nitrogen and oxygen atoms in total. The molecular formula is C15H19BrN4. The molecule has 1 aromatic carbocycles. The number of hydrogen-bond donors (Lipinski definition) is 0. The highest BCUT2D eigenvalue weighted by molar-refractivity contribution is 9.11. The Balaban J connectivity index is 2.14. The van der Waals surface area contributed by atoms with Crippen molar-refractivity contribution in [3.63, 3.8) is 0 Å². The molecule has 0 saturated heterocycles. The second kappa shape index (κ2) is 7.94. The lowest BCUT2D eigenvalue weighted by atomic mass is 10.1. The number of nitrogens with zero attached hydrogens (tertiary/aromatic N) is 4. The van der Waals surface area contributed by atoms with Crippen molar-refractivity contribution in [3.8, 4) is 11.4 Å². The molecule has 0 aliphatic carbocycles. The number of rotatable bonds is 7. The fourth-order valence-electron chi connectivity index (χ4n) is 2.09. The van der Waals surface area contributed by atoms with Gasteiger partial charge in [-0.25, -0.2) is 0 Å². The maximum absolute atomic E-state index is 4.14. The minimum Gasteiger partial charge on any atom is -0.196 e. The van der Waals surface area contributed by atoms with Gasteiger partial charge < -0.3 is 0 Å². The zero-order chi connectivity index (χ0) is 14.2. The van der Waals surface area contributed by atoms with Gasteiger partial charge in [0.05, 0.1) is 5.70 Å². The van der Waals surface area contributed by atoms with Gasteiger partial charge in [0.2, 0.25) is 0 Å². The first-order chi connectivity index (χ1) is 9.86. The number of aromatic nitrogens is 4. The Morgan fingerprint density at radius 3 is 2.70 bits per heavy atom. The van der Waals surface area contributed by atoms with E-state index in [2.05, 4.69) is 38.4 Å². The summed E-state index contributed by atoms with van der Waals surface area (Å²) < 4.78 is 1.82. The molecule has 0 spiro atoms. The van der Waals surface area contributed by atoms with E-state index in [0.717, 1.165) is 29.9 Å². The van der Waals surface area contributed by atoms with Gasteiger partial charge in [0.1, 0.15) is 0 Å². The van der Waals surface area contributed by atoms with E-state index in [-0.39, 0.29) is 0 Å². The Kier molecular flexibility index (Phi) is 5.92. The quantitative estimate of drug-likeness (QED) is 0.700. The second-order valence-corrected chi connectivity index (χ2v) is 5.15. The van der Waals surface area contributed by atoms with Crippen LogP contribution in [0.2, 0.25) is 0 Å². The number of benzene rings is 1. The molecule has 0 unspecified atom stereocenters. The Hall–Kier alpha value is -1.49. The van der Waals surface area contributed by atoms with Crippen molar-refractivity contribution in [1.29, 1.82) is 0 Å². The second-order valence-electron chi connectivity index (χ2n) is 4.69. The van der Waals surface area contributed by atoms with Crippen LogP contribution in [0.4, 0.5) is 0 Å². The molecule has 0 saturated carbocycles. The van der Waals surface area contributed by atoms with Crippen molar-refractivity contribution < 1.29 is 0 Å². The number of tetrazole rings is 1. The zero-order valence-electron chi connectivity index (χ0n) is 11.7. The Morgan fingerprint density at radius 1 is 1.20 bits per heavy atom. The van der Waals surface area contributed by atoms with Crippen LogP contribution in [0, 0.1) is 0 Å². The fourth-order valence-corrected chi connectivity index (χ4v) is 2.51. The third kappa shape index (κ3) is 3.76. The van der Waals surface area contributed by atoms with Crippen molar-refractivity contribution in [2.45, 2.75) is 39.0 Å². The van der Waals surface area contributed by atoms with E-state index >= 15 is 0 Å². The Morgan fingerprint density at radius 2 is 2.00 bits per heavy atom. The molecule has 0 radical (unpaired) electrons. The van der Waals surface area contributed by atoms with E-state index in [1.165, 1.54) is 19.3 Å². The van der Waals surface area contributed by atoms with Crippen LogP contribution in [0.15, 0.2) is 35.3 Å². The molecule has 2 aromatic rings. The van der Waals surface area contributed by atoms with Crippen molar-refractivity contribution in [3.05, 3.63) is 35.3 Å². The molecule has 0 amide bonds. The molecule has 0 bridgehead atoms. The molecular weight excluding hydrogens is 316 g/mol. The fraction of sp³-hybridized carbons (Fsp3) is 0.400. The lowest BCUT2D eigenvalue weighted by Crippen LogP contribution is -2.02. The van der Waals surface area contributed by atoms with Crippen LogP contribution in [-0.2, 0) is 0 Å². The first kappa shape index (κ1) is 14.9. The highest BCUT2D eigenvalue weighted by Gasteiger charge is 2.11. The molecule has 2 rings (SSSR count). The Bertz CT molecular complexity index is 548. The van der Waals surface area contributed by atoms with E-state index in [1.807, 2.05) is 40.0 Å². The number of hydrogen-bond acceptors (Lipinski definition) is 3. The van der Waals surface area contributed by atoms with Gasteiger partial charge in [-0.2, -0.15) is 4.68 Å². The van der Waals surface area contributed by atoms with E-state index < -0.39 is 0 Å². The van der Waals surface area contributed by atoms with Crippen molar-refractivity contribution in [2.24, 2.45) is 0 Å². The van der Waals surface area contributed by atoms with Gasteiger partial charge in [0.25, 0.3) is 0 Å². The van der Waals surface area contributed by atoms with E-state index in [1.54, 1.807) is 0 Å². The van der Waals surface area contributed by atoms with Crippen LogP contribution in [0.25, 0.3) is 17.1 Å². The summed E-state index contributed by atoms with van der Waals surface area (Å²) in [6.07, 6.45) is 5.88. The molecule has 1 heterocycles. The highest BCUT2D eigenvalue weighted by atomic mass is 79.9. The SMILES string of the molecule is CCCCCC/C(=C/Br)n1nnnc1-c1ccccc1. The molecule has 0 atom stereocenters. The van der Waals surface area contributed by atoms with E-state index in [4.69, 9.17) is 0 Å². The topological polar surface area (TPSA) is 43.6 Å². The van der Waals surface area contributed by atoms with Crippen molar-refractivity contribution >= 4 is 21.6 Å². The van der Waals surface area contributed by atoms with E-state index in [0.29, 0.717) is 0 Å². The lowest BCUT2D eigenvalue weighted by molar-refractivity contribution is 0.662. The minimum atomic E-state index is 0.784. The predicted octanol–water partition coefficient (Wildman–Crippen LogP) is 4.50. The van der Waals surface area contributed by atoms with Crippen LogP contribution in [-0.4, -0.2) is 20.2 Å². The standard InChI is InChI=1S/C15H19BrN4/c1-2-3-4-8-11-14(12-16)20-15(17-18-19-20)13-9-6-5-7-10-13/h5-7,9-10,12H,2-4,8,11H2,1H3/b14-12-. The average Bonchev–Trinajstić information content (AvgIpc) is 2.98. The maximum Gasteiger partial charge on any atom is 0.186 e. The van der Waals surface area contributed by atoms with Gasteiger partial charge in [-0.3, -0.25) is 0 Å². The Labute approximate surface area is 128 Å². The third-order valence-electron chi connectivity index (χ3n) is 3.19. The number of unbranched alkanes of at least 4 members (excludes halogenated alkanes) is 3. The van der Waals surface area contributed by atoms with Gasteiger partial charge in [0.15, 0.2) is 5.82 Å². The van der Waals surface area contributed by atoms with Crippen LogP contribution >= 0.6 is 15.9 Å². The molecule has 106 valence electrons. The van der Waals surface area contributed by atoms with Gasteiger partial charge in [-0.1, -0.05) is 72.4 Å². The smallest absolute Gasteiger partial charge is 0.186 e. The summed E-state index contributed by atoms with van der Waals surface area (Å²) in [6.45, 7) is 2.22. The first-order valence-corrected chi connectivity index (χ1v) is 7.91. The van der Waals surface area contributed by atoms with Crippen molar-refractivity contribution in [2.75, 3.05) is 0 Å². The highest BCUT2D eigenvalue weighted by Crippen LogP contribution is 2.22. The summed E-state index contributed by atoms with van der Waals surface area (Å²) in [7, 11) is 0. The van der Waals surface area contributed by atoms with Gasteiger partial charge in [-0.15, -0.1) is 5.10 Å². The molecule has 1 aromatic heterocycles.